The van der Waals surface area contributed by atoms with E-state index in [9.17, 15) is 14.4 Å². The van der Waals surface area contributed by atoms with Crippen LogP contribution in [-0.2, 0) is 9.59 Å². The number of nitrogens with one attached hydrogen (secondary N) is 2. The summed E-state index contributed by atoms with van der Waals surface area (Å²) in [6.45, 7) is 3.92. The molecular weight excluding hydrogens is 282 g/mol. The zero-order valence-corrected chi connectivity index (χ0v) is 12.7. The van der Waals surface area contributed by atoms with Gasteiger partial charge in [0.1, 0.15) is 6.04 Å². The number of rotatable bonds is 10. The molecule has 2 atom stereocenters. The number of urea groups is 1. The minimum atomic E-state index is -1.18. The van der Waals surface area contributed by atoms with E-state index < -0.39 is 23.9 Å². The summed E-state index contributed by atoms with van der Waals surface area (Å²) in [4.78, 5) is 33.2. The monoisotopic (exact) mass is 305 g/mol. The number of carbonyl (C=O) groups is 3. The highest BCUT2D eigenvalue weighted by molar-refractivity contribution is 7.99. The number of hydrogen-bond donors (Lipinski definition) is 4. The SMILES string of the molecule is CCSCCC(C)NC(=O)NC(CCC(N)=O)C(=O)O. The lowest BCUT2D eigenvalue weighted by atomic mass is 10.1. The average molecular weight is 305 g/mol. The molecule has 0 rings (SSSR count). The third kappa shape index (κ3) is 9.48. The van der Waals surface area contributed by atoms with Gasteiger partial charge in [0.15, 0.2) is 0 Å². The lowest BCUT2D eigenvalue weighted by Gasteiger charge is -2.18. The molecular formula is C12H23N3O4S. The second-order valence-electron chi connectivity index (χ2n) is 4.40. The number of hydrogen-bond acceptors (Lipinski definition) is 4. The van der Waals surface area contributed by atoms with Crippen LogP contribution in [0.5, 0.6) is 0 Å². The van der Waals surface area contributed by atoms with Gasteiger partial charge in [0.2, 0.25) is 5.91 Å². The molecule has 0 saturated carbocycles. The number of primary amides is 1. The van der Waals surface area contributed by atoms with E-state index in [0.29, 0.717) is 0 Å². The van der Waals surface area contributed by atoms with Gasteiger partial charge in [-0.3, -0.25) is 4.79 Å². The molecule has 0 saturated heterocycles. The fourth-order valence-corrected chi connectivity index (χ4v) is 2.25. The Kier molecular flexibility index (Phi) is 9.61. The van der Waals surface area contributed by atoms with Gasteiger partial charge in [-0.1, -0.05) is 6.92 Å². The molecule has 0 aromatic carbocycles. The fraction of sp³-hybridized carbons (Fsp3) is 0.750. The van der Waals surface area contributed by atoms with Crippen molar-refractivity contribution in [3.05, 3.63) is 0 Å². The Morgan fingerprint density at radius 2 is 1.90 bits per heavy atom. The first kappa shape index (κ1) is 18.6. The first-order valence-corrected chi connectivity index (χ1v) is 7.68. The Bertz CT molecular complexity index is 339. The van der Waals surface area contributed by atoms with E-state index in [4.69, 9.17) is 10.8 Å². The Labute approximate surface area is 123 Å². The zero-order chi connectivity index (χ0) is 15.5. The standard InChI is InChI=1S/C12H23N3O4S/c1-3-20-7-6-8(2)14-12(19)15-9(11(17)18)4-5-10(13)16/h8-9H,3-7H2,1-2H3,(H2,13,16)(H,17,18)(H2,14,15,19). The Hall–Kier alpha value is -1.44. The maximum absolute atomic E-state index is 11.6. The molecule has 20 heavy (non-hydrogen) atoms. The largest absolute Gasteiger partial charge is 0.480 e. The summed E-state index contributed by atoms with van der Waals surface area (Å²) >= 11 is 1.78. The van der Waals surface area contributed by atoms with Crippen LogP contribution in [0, 0.1) is 0 Å². The summed E-state index contributed by atoms with van der Waals surface area (Å²) in [7, 11) is 0. The van der Waals surface area contributed by atoms with Crippen LogP contribution >= 0.6 is 11.8 Å². The molecule has 0 fully saturated rings. The molecule has 0 aromatic rings. The van der Waals surface area contributed by atoms with Crippen molar-refractivity contribution >= 4 is 29.7 Å². The first-order valence-electron chi connectivity index (χ1n) is 6.52. The summed E-state index contributed by atoms with van der Waals surface area (Å²) in [5, 5.41) is 13.9. The van der Waals surface area contributed by atoms with Crippen LogP contribution in [0.2, 0.25) is 0 Å². The van der Waals surface area contributed by atoms with E-state index in [0.717, 1.165) is 17.9 Å². The quantitative estimate of drug-likeness (QED) is 0.439. The molecule has 0 bridgehead atoms. The number of carbonyl (C=O) groups excluding carboxylic acids is 2. The molecule has 8 heteroatoms. The topological polar surface area (TPSA) is 122 Å². The maximum atomic E-state index is 11.6. The van der Waals surface area contributed by atoms with Crippen LogP contribution in [0.3, 0.4) is 0 Å². The van der Waals surface area contributed by atoms with E-state index in [1.807, 2.05) is 6.92 Å². The number of carboxylic acids is 1. The molecule has 2 unspecified atom stereocenters. The Morgan fingerprint density at radius 3 is 2.40 bits per heavy atom. The molecule has 0 aliphatic carbocycles. The minimum absolute atomic E-state index is 0.0157. The second-order valence-corrected chi connectivity index (χ2v) is 5.79. The van der Waals surface area contributed by atoms with Crippen molar-refractivity contribution in [1.82, 2.24) is 10.6 Å². The van der Waals surface area contributed by atoms with E-state index in [-0.39, 0.29) is 18.9 Å². The van der Waals surface area contributed by atoms with Crippen molar-refractivity contribution in [3.63, 3.8) is 0 Å². The predicted molar refractivity (Wildman–Crippen MR) is 78.6 cm³/mol. The van der Waals surface area contributed by atoms with Gasteiger partial charge in [-0.15, -0.1) is 0 Å². The van der Waals surface area contributed by atoms with Gasteiger partial charge in [0.25, 0.3) is 0 Å². The van der Waals surface area contributed by atoms with Crippen molar-refractivity contribution < 1.29 is 19.5 Å². The van der Waals surface area contributed by atoms with E-state index in [2.05, 4.69) is 17.6 Å². The smallest absolute Gasteiger partial charge is 0.326 e. The first-order chi connectivity index (χ1) is 9.36. The molecule has 0 aliphatic rings. The summed E-state index contributed by atoms with van der Waals surface area (Å²) in [6, 6.07) is -1.70. The minimum Gasteiger partial charge on any atom is -0.480 e. The van der Waals surface area contributed by atoms with Gasteiger partial charge in [0.05, 0.1) is 0 Å². The summed E-state index contributed by atoms with van der Waals surface area (Å²) in [5.74, 6) is 0.175. The maximum Gasteiger partial charge on any atom is 0.326 e. The van der Waals surface area contributed by atoms with Crippen LogP contribution < -0.4 is 16.4 Å². The van der Waals surface area contributed by atoms with Crippen LogP contribution in [0.25, 0.3) is 0 Å². The van der Waals surface area contributed by atoms with Crippen molar-refractivity contribution in [3.8, 4) is 0 Å². The molecule has 5 N–H and O–H groups in total. The molecule has 3 amide bonds. The van der Waals surface area contributed by atoms with Crippen LogP contribution in [0.4, 0.5) is 4.79 Å². The molecule has 0 heterocycles. The highest BCUT2D eigenvalue weighted by atomic mass is 32.2. The zero-order valence-electron chi connectivity index (χ0n) is 11.8. The molecule has 0 spiro atoms. The summed E-state index contributed by atoms with van der Waals surface area (Å²) in [6.07, 6.45) is 0.711. The van der Waals surface area contributed by atoms with Gasteiger partial charge >= 0.3 is 12.0 Å². The fourth-order valence-electron chi connectivity index (χ4n) is 1.44. The molecule has 0 aromatic heterocycles. The molecule has 0 radical (unpaired) electrons. The molecule has 116 valence electrons. The number of carboxylic acid groups (broad SMARTS) is 1. The lowest BCUT2D eigenvalue weighted by Crippen LogP contribution is -2.48. The van der Waals surface area contributed by atoms with E-state index >= 15 is 0 Å². The number of aliphatic carboxylic acids is 1. The second kappa shape index (κ2) is 10.4. The highest BCUT2D eigenvalue weighted by Crippen LogP contribution is 2.04. The number of nitrogens with two attached hydrogens (primary N) is 1. The van der Waals surface area contributed by atoms with E-state index in [1.165, 1.54) is 0 Å². The van der Waals surface area contributed by atoms with Crippen molar-refractivity contribution in [2.75, 3.05) is 11.5 Å². The third-order valence-corrected chi connectivity index (χ3v) is 3.49. The van der Waals surface area contributed by atoms with Gasteiger partial charge in [0, 0.05) is 12.5 Å². The summed E-state index contributed by atoms with van der Waals surface area (Å²) in [5.41, 5.74) is 4.96. The van der Waals surface area contributed by atoms with Gasteiger partial charge in [-0.05, 0) is 31.3 Å². The molecule has 0 aliphatic heterocycles. The Morgan fingerprint density at radius 1 is 1.25 bits per heavy atom. The van der Waals surface area contributed by atoms with Gasteiger partial charge in [-0.2, -0.15) is 11.8 Å². The van der Waals surface area contributed by atoms with Crippen LogP contribution in [-0.4, -0.2) is 46.6 Å². The van der Waals surface area contributed by atoms with Gasteiger partial charge < -0.3 is 21.5 Å². The number of thioether (sulfide) groups is 1. The normalized spacial score (nSPS) is 13.3. The average Bonchev–Trinajstić information content (AvgIpc) is 2.34. The van der Waals surface area contributed by atoms with Crippen molar-refractivity contribution in [1.29, 1.82) is 0 Å². The van der Waals surface area contributed by atoms with Crippen molar-refractivity contribution in [2.45, 2.75) is 45.2 Å². The Balaban J connectivity index is 4.11. The third-order valence-electron chi connectivity index (χ3n) is 2.56. The highest BCUT2D eigenvalue weighted by Gasteiger charge is 2.21. The van der Waals surface area contributed by atoms with Crippen LogP contribution in [0.1, 0.15) is 33.1 Å². The number of amides is 3. The van der Waals surface area contributed by atoms with Gasteiger partial charge in [-0.25, -0.2) is 9.59 Å². The van der Waals surface area contributed by atoms with Crippen LogP contribution in [0.15, 0.2) is 0 Å². The van der Waals surface area contributed by atoms with E-state index in [1.54, 1.807) is 11.8 Å². The lowest BCUT2D eigenvalue weighted by molar-refractivity contribution is -0.139. The van der Waals surface area contributed by atoms with Crippen molar-refractivity contribution in [2.24, 2.45) is 5.73 Å². The predicted octanol–water partition coefficient (Wildman–Crippen LogP) is 0.536. The molecule has 7 nitrogen and oxygen atoms in total. The summed E-state index contributed by atoms with van der Waals surface area (Å²) < 4.78 is 0.